The summed E-state index contributed by atoms with van der Waals surface area (Å²) in [4.78, 5) is 32.7. The molecule has 19 heavy (non-hydrogen) atoms. The normalized spacial score (nSPS) is 11.6. The molecule has 0 saturated carbocycles. The number of carboxylic acid groups (broad SMARTS) is 1. The number of amides is 1. The van der Waals surface area contributed by atoms with Crippen LogP contribution in [0.15, 0.2) is 24.8 Å². The van der Waals surface area contributed by atoms with Crippen molar-refractivity contribution in [1.29, 1.82) is 0 Å². The van der Waals surface area contributed by atoms with E-state index >= 15 is 0 Å². The summed E-state index contributed by atoms with van der Waals surface area (Å²) in [5, 5.41) is 21.8. The van der Waals surface area contributed by atoms with Crippen molar-refractivity contribution in [2.75, 3.05) is 0 Å². The van der Waals surface area contributed by atoms with Gasteiger partial charge in [0.25, 0.3) is 5.91 Å². The topological polar surface area (TPSA) is 114 Å². The predicted octanol–water partition coefficient (Wildman–Crippen LogP) is 0.692. The van der Waals surface area contributed by atoms with Gasteiger partial charge in [-0.3, -0.25) is 4.79 Å². The lowest BCUT2D eigenvalue weighted by molar-refractivity contribution is -0.391. The minimum absolute atomic E-state index is 0.0158. The smallest absolute Gasteiger partial charge is 0.326 e. The van der Waals surface area contributed by atoms with Crippen molar-refractivity contribution in [2.24, 2.45) is 7.05 Å². The highest BCUT2D eigenvalue weighted by Gasteiger charge is 2.25. The minimum atomic E-state index is -1.20. The summed E-state index contributed by atoms with van der Waals surface area (Å²) in [6.45, 7) is 3.40. The molecule has 2 N–H and O–H groups in total. The molecule has 0 aliphatic heterocycles. The second-order valence-electron chi connectivity index (χ2n) is 3.78. The van der Waals surface area contributed by atoms with E-state index in [9.17, 15) is 19.7 Å². The van der Waals surface area contributed by atoms with Gasteiger partial charge in [-0.1, -0.05) is 6.08 Å². The first kappa shape index (κ1) is 14.4. The van der Waals surface area contributed by atoms with Crippen LogP contribution in [-0.2, 0) is 11.8 Å². The lowest BCUT2D eigenvalue weighted by Crippen LogP contribution is -2.41. The van der Waals surface area contributed by atoms with E-state index in [1.54, 1.807) is 0 Å². The fourth-order valence-electron chi connectivity index (χ4n) is 1.53. The maximum Gasteiger partial charge on any atom is 0.326 e. The Kier molecular flexibility index (Phi) is 4.41. The summed E-state index contributed by atoms with van der Waals surface area (Å²) in [5.74, 6) is -2.14. The van der Waals surface area contributed by atoms with E-state index in [-0.39, 0.29) is 17.9 Å². The van der Waals surface area contributed by atoms with Gasteiger partial charge in [0.1, 0.15) is 6.04 Å². The molecule has 0 saturated heterocycles. The summed E-state index contributed by atoms with van der Waals surface area (Å²) in [5.41, 5.74) is 0.0158. The molecule has 1 rings (SSSR count). The van der Waals surface area contributed by atoms with Crippen LogP contribution in [0, 0.1) is 10.1 Å². The predicted molar refractivity (Wildman–Crippen MR) is 65.8 cm³/mol. The highest BCUT2D eigenvalue weighted by atomic mass is 16.6. The number of aliphatic carboxylic acids is 1. The van der Waals surface area contributed by atoms with Gasteiger partial charge in [-0.2, -0.15) is 0 Å². The van der Waals surface area contributed by atoms with Crippen LogP contribution in [0.2, 0.25) is 0 Å². The van der Waals surface area contributed by atoms with E-state index in [2.05, 4.69) is 11.9 Å². The zero-order chi connectivity index (χ0) is 14.6. The van der Waals surface area contributed by atoms with Gasteiger partial charge in [0.2, 0.25) is 0 Å². The first-order valence-electron chi connectivity index (χ1n) is 5.33. The van der Waals surface area contributed by atoms with Gasteiger partial charge in [0.05, 0.1) is 7.05 Å². The van der Waals surface area contributed by atoms with Crippen molar-refractivity contribution in [1.82, 2.24) is 9.88 Å². The fraction of sp³-hybridized carbons (Fsp3) is 0.273. The van der Waals surface area contributed by atoms with Crippen molar-refractivity contribution in [3.8, 4) is 0 Å². The maximum atomic E-state index is 11.8. The lowest BCUT2D eigenvalue weighted by atomic mass is 10.2. The van der Waals surface area contributed by atoms with Crippen LogP contribution < -0.4 is 5.32 Å². The molecular weight excluding hydrogens is 254 g/mol. The Morgan fingerprint density at radius 2 is 2.26 bits per heavy atom. The SMILES string of the molecule is C=CCC(NC(=O)c1ccc([N+](=O)[O-])n1C)C(=O)O. The molecule has 0 aliphatic carbocycles. The van der Waals surface area contributed by atoms with E-state index < -0.39 is 22.8 Å². The fourth-order valence-corrected chi connectivity index (χ4v) is 1.53. The standard InChI is InChI=1S/C11H13N3O5/c1-3-4-7(11(16)17)12-10(15)8-5-6-9(13(8)2)14(18)19/h3,5-7H,1,4H2,2H3,(H,12,15)(H,16,17). The highest BCUT2D eigenvalue weighted by molar-refractivity contribution is 5.95. The van der Waals surface area contributed by atoms with Gasteiger partial charge >= 0.3 is 11.8 Å². The number of carboxylic acids is 1. The first-order valence-corrected chi connectivity index (χ1v) is 5.33. The largest absolute Gasteiger partial charge is 0.480 e. The molecule has 1 atom stereocenters. The van der Waals surface area contributed by atoms with Crippen molar-refractivity contribution in [3.63, 3.8) is 0 Å². The Hall–Kier alpha value is -2.64. The number of carbonyl (C=O) groups excluding carboxylic acids is 1. The maximum absolute atomic E-state index is 11.8. The molecule has 8 nitrogen and oxygen atoms in total. The third-order valence-corrected chi connectivity index (χ3v) is 2.52. The molecule has 1 amide bonds. The molecule has 0 aliphatic rings. The zero-order valence-corrected chi connectivity index (χ0v) is 10.2. The van der Waals surface area contributed by atoms with Gasteiger partial charge in [0, 0.05) is 6.07 Å². The lowest BCUT2D eigenvalue weighted by Gasteiger charge is -2.11. The summed E-state index contributed by atoms with van der Waals surface area (Å²) in [6, 6.07) is 1.33. The van der Waals surface area contributed by atoms with Crippen LogP contribution in [0.5, 0.6) is 0 Å². The molecule has 0 radical (unpaired) electrons. The number of aromatic nitrogens is 1. The molecule has 0 bridgehead atoms. The average Bonchev–Trinajstić information content (AvgIpc) is 2.70. The van der Waals surface area contributed by atoms with Crippen LogP contribution >= 0.6 is 0 Å². The van der Waals surface area contributed by atoms with Crippen molar-refractivity contribution in [2.45, 2.75) is 12.5 Å². The van der Waals surface area contributed by atoms with Crippen LogP contribution in [0.4, 0.5) is 5.82 Å². The van der Waals surface area contributed by atoms with Gasteiger partial charge < -0.3 is 20.5 Å². The molecule has 1 aromatic rings. The van der Waals surface area contributed by atoms with Crippen molar-refractivity contribution in [3.05, 3.63) is 40.6 Å². The Labute approximate surface area is 108 Å². The van der Waals surface area contributed by atoms with Crippen LogP contribution in [0.25, 0.3) is 0 Å². The van der Waals surface area contributed by atoms with Crippen LogP contribution in [-0.4, -0.2) is 32.5 Å². The van der Waals surface area contributed by atoms with Gasteiger partial charge in [0.15, 0.2) is 5.69 Å². The number of hydrogen-bond acceptors (Lipinski definition) is 4. The van der Waals surface area contributed by atoms with E-state index in [4.69, 9.17) is 5.11 Å². The monoisotopic (exact) mass is 267 g/mol. The molecule has 0 fully saturated rings. The Bertz CT molecular complexity index is 534. The average molecular weight is 267 g/mol. The minimum Gasteiger partial charge on any atom is -0.480 e. The molecule has 1 unspecified atom stereocenters. The quantitative estimate of drug-likeness (QED) is 0.447. The molecule has 8 heteroatoms. The second kappa shape index (κ2) is 5.80. The Balaban J connectivity index is 2.92. The molecule has 1 aromatic heterocycles. The first-order chi connectivity index (χ1) is 8.88. The van der Waals surface area contributed by atoms with Gasteiger partial charge in [-0.15, -0.1) is 6.58 Å². The van der Waals surface area contributed by atoms with Gasteiger partial charge in [-0.05, 0) is 17.4 Å². The molecule has 102 valence electrons. The third kappa shape index (κ3) is 3.18. The van der Waals surface area contributed by atoms with Crippen molar-refractivity contribution < 1.29 is 19.6 Å². The number of carbonyl (C=O) groups is 2. The Morgan fingerprint density at radius 3 is 2.68 bits per heavy atom. The van der Waals surface area contributed by atoms with E-state index in [1.807, 2.05) is 0 Å². The van der Waals surface area contributed by atoms with E-state index in [1.165, 1.54) is 25.3 Å². The van der Waals surface area contributed by atoms with Crippen LogP contribution in [0.3, 0.4) is 0 Å². The highest BCUT2D eigenvalue weighted by Crippen LogP contribution is 2.15. The number of hydrogen-bond donors (Lipinski definition) is 2. The zero-order valence-electron chi connectivity index (χ0n) is 10.2. The van der Waals surface area contributed by atoms with E-state index in [0.29, 0.717) is 0 Å². The number of rotatable bonds is 6. The number of nitro groups is 1. The second-order valence-corrected chi connectivity index (χ2v) is 3.78. The molecule has 0 spiro atoms. The summed E-state index contributed by atoms with van der Waals surface area (Å²) in [7, 11) is 1.36. The third-order valence-electron chi connectivity index (χ3n) is 2.52. The summed E-state index contributed by atoms with van der Waals surface area (Å²) >= 11 is 0. The van der Waals surface area contributed by atoms with E-state index in [0.717, 1.165) is 4.57 Å². The number of nitrogens with zero attached hydrogens (tertiary/aromatic N) is 2. The molecule has 0 aromatic carbocycles. The molecule has 1 heterocycles. The van der Waals surface area contributed by atoms with Crippen molar-refractivity contribution >= 4 is 17.7 Å². The Morgan fingerprint density at radius 1 is 1.63 bits per heavy atom. The number of nitrogens with one attached hydrogen (secondary N) is 1. The molecular formula is C11H13N3O5. The van der Waals surface area contributed by atoms with Gasteiger partial charge in [-0.25, -0.2) is 9.36 Å². The van der Waals surface area contributed by atoms with Crippen LogP contribution in [0.1, 0.15) is 16.9 Å². The summed E-state index contributed by atoms with van der Waals surface area (Å²) in [6.07, 6.45) is 1.43. The summed E-state index contributed by atoms with van der Waals surface area (Å²) < 4.78 is 1.09.